The molecule has 3 N–H and O–H groups in total. The van der Waals surface area contributed by atoms with E-state index in [9.17, 15) is 24.0 Å². The molecule has 11 heteroatoms. The van der Waals surface area contributed by atoms with Gasteiger partial charge in [0, 0.05) is 16.6 Å². The zero-order valence-electron chi connectivity index (χ0n) is 21.6. The third-order valence-corrected chi connectivity index (χ3v) is 7.13. The van der Waals surface area contributed by atoms with E-state index in [2.05, 4.69) is 10.6 Å². The molecule has 0 saturated carbocycles. The highest BCUT2D eigenvalue weighted by atomic mass is 35.5. The number of carbonyl (C=O) groups is 5. The van der Waals surface area contributed by atoms with Gasteiger partial charge in [0.2, 0.25) is 17.7 Å². The van der Waals surface area contributed by atoms with Crippen LogP contribution in [0.3, 0.4) is 0 Å². The number of nitrogens with zero attached hydrogens (tertiary/aromatic N) is 1. The average Bonchev–Trinajstić information content (AvgIpc) is 3.39. The molecule has 1 heterocycles. The van der Waals surface area contributed by atoms with Crippen molar-refractivity contribution < 1.29 is 29.1 Å². The van der Waals surface area contributed by atoms with Crippen LogP contribution in [0.25, 0.3) is 0 Å². The molecule has 0 aliphatic carbocycles. The second-order valence-corrected chi connectivity index (χ2v) is 10.7. The molecule has 0 unspecified atom stereocenters. The zero-order valence-corrected chi connectivity index (χ0v) is 23.1. The maximum Gasteiger partial charge on any atom is 0.305 e. The van der Waals surface area contributed by atoms with Gasteiger partial charge in [-0.1, -0.05) is 61.3 Å². The van der Waals surface area contributed by atoms with Gasteiger partial charge < -0.3 is 25.4 Å². The Balaban J connectivity index is 1.83. The first-order chi connectivity index (χ1) is 18.5. The van der Waals surface area contributed by atoms with E-state index in [-0.39, 0.29) is 5.92 Å². The lowest BCUT2D eigenvalue weighted by Gasteiger charge is -2.32. The molecule has 3 atom stereocenters. The van der Waals surface area contributed by atoms with Gasteiger partial charge in [-0.15, -0.1) is 0 Å². The van der Waals surface area contributed by atoms with Crippen molar-refractivity contribution >= 4 is 53.2 Å². The lowest BCUT2D eigenvalue weighted by Crippen LogP contribution is -2.56. The molecule has 2 aromatic rings. The van der Waals surface area contributed by atoms with Crippen molar-refractivity contribution in [2.75, 3.05) is 6.54 Å². The smallest absolute Gasteiger partial charge is 0.305 e. The lowest BCUT2D eigenvalue weighted by atomic mass is 9.89. The molecule has 1 fully saturated rings. The van der Waals surface area contributed by atoms with Crippen LogP contribution in [0, 0.1) is 5.92 Å². The fourth-order valence-corrected chi connectivity index (χ4v) is 4.89. The quantitative estimate of drug-likeness (QED) is 0.351. The highest BCUT2D eigenvalue weighted by Gasteiger charge is 2.40. The van der Waals surface area contributed by atoms with E-state index in [0.29, 0.717) is 46.8 Å². The van der Waals surface area contributed by atoms with Gasteiger partial charge in [0.1, 0.15) is 18.4 Å². The number of aliphatic carboxylic acids is 1. The number of carboxylic acid groups (broad SMARTS) is 1. The Morgan fingerprint density at radius 1 is 0.974 bits per heavy atom. The molecule has 1 saturated heterocycles. The third-order valence-electron chi connectivity index (χ3n) is 6.62. The average molecular weight is 576 g/mol. The Kier molecular flexibility index (Phi) is 10.5. The van der Waals surface area contributed by atoms with Gasteiger partial charge in [-0.05, 0) is 54.2 Å². The Labute approximate surface area is 236 Å². The van der Waals surface area contributed by atoms with Crippen molar-refractivity contribution in [1.82, 2.24) is 15.5 Å². The molecule has 2 aromatic carbocycles. The van der Waals surface area contributed by atoms with Crippen molar-refractivity contribution in [2.24, 2.45) is 5.92 Å². The van der Waals surface area contributed by atoms with Crippen LogP contribution in [0.5, 0.6) is 0 Å². The summed E-state index contributed by atoms with van der Waals surface area (Å²) in [7, 11) is 0. The molecule has 0 bridgehead atoms. The van der Waals surface area contributed by atoms with Crippen molar-refractivity contribution in [3.8, 4) is 0 Å². The van der Waals surface area contributed by atoms with Gasteiger partial charge in [-0.3, -0.25) is 19.2 Å². The topological polar surface area (TPSA) is 133 Å². The van der Waals surface area contributed by atoms with Crippen LogP contribution in [0.15, 0.2) is 48.5 Å². The molecule has 3 amide bonds. The van der Waals surface area contributed by atoms with Crippen LogP contribution in [0.4, 0.5) is 0 Å². The fourth-order valence-electron chi connectivity index (χ4n) is 4.64. The number of aldehydes is 1. The number of carboxylic acids is 1. The predicted octanol–water partition coefficient (Wildman–Crippen LogP) is 3.42. The van der Waals surface area contributed by atoms with Crippen LogP contribution in [-0.4, -0.2) is 64.7 Å². The van der Waals surface area contributed by atoms with Crippen LogP contribution < -0.4 is 10.6 Å². The van der Waals surface area contributed by atoms with Crippen LogP contribution in [-0.2, 0) is 24.0 Å². The highest BCUT2D eigenvalue weighted by Crippen LogP contribution is 2.28. The molecule has 1 aliphatic rings. The number of hydrogen-bond donors (Lipinski definition) is 3. The first kappa shape index (κ1) is 30.1. The van der Waals surface area contributed by atoms with Gasteiger partial charge in [-0.25, -0.2) is 0 Å². The number of halogens is 2. The zero-order chi connectivity index (χ0) is 28.7. The predicted molar refractivity (Wildman–Crippen MR) is 146 cm³/mol. The number of carbonyl (C=O) groups excluding carboxylic acids is 4. The number of likely N-dealkylation sites (tertiary alicyclic amines) is 1. The Hall–Kier alpha value is -3.43. The summed E-state index contributed by atoms with van der Waals surface area (Å²) in [5.74, 6) is -3.73. The summed E-state index contributed by atoms with van der Waals surface area (Å²) < 4.78 is 0. The maximum absolute atomic E-state index is 13.7. The van der Waals surface area contributed by atoms with Crippen LogP contribution >= 0.6 is 23.2 Å². The first-order valence-corrected chi connectivity index (χ1v) is 13.4. The van der Waals surface area contributed by atoms with E-state index in [0.717, 1.165) is 0 Å². The molecule has 1 aliphatic heterocycles. The largest absolute Gasteiger partial charge is 0.481 e. The van der Waals surface area contributed by atoms with Crippen molar-refractivity contribution in [1.29, 1.82) is 0 Å². The van der Waals surface area contributed by atoms with E-state index in [1.54, 1.807) is 62.4 Å². The summed E-state index contributed by atoms with van der Waals surface area (Å²) in [6, 6.07) is 10.7. The van der Waals surface area contributed by atoms with E-state index >= 15 is 0 Å². The Bertz CT molecular complexity index is 1160. The Morgan fingerprint density at radius 2 is 1.51 bits per heavy atom. The Morgan fingerprint density at radius 3 is 1.97 bits per heavy atom. The molecular formula is C28H31Cl2N3O6. The number of hydrogen-bond acceptors (Lipinski definition) is 5. The monoisotopic (exact) mass is 575 g/mol. The second-order valence-electron chi connectivity index (χ2n) is 9.81. The second kappa shape index (κ2) is 13.6. The van der Waals surface area contributed by atoms with Gasteiger partial charge in [0.15, 0.2) is 0 Å². The fraction of sp³-hybridized carbons (Fsp3) is 0.393. The minimum atomic E-state index is -1.23. The normalized spacial score (nSPS) is 16.6. The molecule has 0 radical (unpaired) electrons. The summed E-state index contributed by atoms with van der Waals surface area (Å²) in [5, 5.41) is 15.3. The van der Waals surface area contributed by atoms with Gasteiger partial charge in [0.25, 0.3) is 0 Å². The summed E-state index contributed by atoms with van der Waals surface area (Å²) >= 11 is 12.1. The third kappa shape index (κ3) is 7.80. The van der Waals surface area contributed by atoms with E-state index in [1.807, 2.05) is 0 Å². The number of rotatable bonds is 11. The van der Waals surface area contributed by atoms with E-state index in [4.69, 9.17) is 28.3 Å². The SMILES string of the molecule is CC(C)[C@H](NC(=O)C(c1ccc(Cl)cc1)c1ccc(Cl)cc1)C(=O)N1CCC[C@H]1C(=O)N[C@H](C=O)CC(=O)O. The maximum atomic E-state index is 13.7. The number of amides is 3. The van der Waals surface area contributed by atoms with Crippen LogP contribution in [0.1, 0.15) is 50.2 Å². The summed E-state index contributed by atoms with van der Waals surface area (Å²) in [5.41, 5.74) is 1.34. The minimum Gasteiger partial charge on any atom is -0.481 e. The lowest BCUT2D eigenvalue weighted by molar-refractivity contribution is -0.143. The van der Waals surface area contributed by atoms with Gasteiger partial charge in [-0.2, -0.15) is 0 Å². The number of nitrogens with one attached hydrogen (secondary N) is 2. The molecule has 3 rings (SSSR count). The molecule has 0 spiro atoms. The van der Waals surface area contributed by atoms with Crippen molar-refractivity contribution in [3.63, 3.8) is 0 Å². The van der Waals surface area contributed by atoms with Gasteiger partial charge in [0.05, 0.1) is 18.4 Å². The minimum absolute atomic E-state index is 0.290. The number of benzene rings is 2. The molecule has 9 nitrogen and oxygen atoms in total. The first-order valence-electron chi connectivity index (χ1n) is 12.6. The molecule has 39 heavy (non-hydrogen) atoms. The van der Waals surface area contributed by atoms with Gasteiger partial charge >= 0.3 is 5.97 Å². The molecule has 208 valence electrons. The molecular weight excluding hydrogens is 545 g/mol. The molecule has 0 aromatic heterocycles. The highest BCUT2D eigenvalue weighted by molar-refractivity contribution is 6.30. The van der Waals surface area contributed by atoms with Crippen LogP contribution in [0.2, 0.25) is 10.0 Å². The summed E-state index contributed by atoms with van der Waals surface area (Å²) in [4.78, 5) is 63.9. The standard InChI is InChI=1S/C28H31Cl2N3O6/c1-16(2)25(28(39)33-13-3-4-22(33)26(37)31-21(15-34)14-23(35)36)32-27(38)24(17-5-9-19(29)10-6-17)18-7-11-20(30)12-8-18/h5-12,15-16,21-22,24-25H,3-4,13-14H2,1-2H3,(H,31,37)(H,32,38)(H,35,36)/t21-,22-,25-/m0/s1. The van der Waals surface area contributed by atoms with Crippen molar-refractivity contribution in [2.45, 2.75) is 57.2 Å². The van der Waals surface area contributed by atoms with Crippen molar-refractivity contribution in [3.05, 3.63) is 69.7 Å². The summed E-state index contributed by atoms with van der Waals surface area (Å²) in [6.07, 6.45) is 0.702. The summed E-state index contributed by atoms with van der Waals surface area (Å²) in [6.45, 7) is 3.88. The van der Waals surface area contributed by atoms with E-state index in [1.165, 1.54) is 4.90 Å². The van der Waals surface area contributed by atoms with E-state index < -0.39 is 54.2 Å².